The van der Waals surface area contributed by atoms with Crippen molar-refractivity contribution in [2.45, 2.75) is 52.9 Å². The highest BCUT2D eigenvalue weighted by Gasteiger charge is 2.34. The molecular weight excluding hydrogens is 596 g/mol. The third-order valence-corrected chi connectivity index (χ3v) is 8.67. The molecule has 0 fully saturated rings. The average Bonchev–Trinajstić information content (AvgIpc) is 3.57. The van der Waals surface area contributed by atoms with Crippen molar-refractivity contribution in [3.8, 4) is 21.7 Å². The Morgan fingerprint density at radius 3 is 2.57 bits per heavy atom. The lowest BCUT2D eigenvalue weighted by atomic mass is 9.91. The topological polar surface area (TPSA) is 94.5 Å². The number of amides is 1. The molecule has 8 nitrogen and oxygen atoms in total. The monoisotopic (exact) mass is 626 g/mol. The summed E-state index contributed by atoms with van der Waals surface area (Å²) in [6.45, 7) is 10.2. The molecule has 2 aromatic carbocycles. The molecule has 3 aromatic heterocycles. The number of halogens is 1. The molecule has 224 valence electrons. The van der Waals surface area contributed by atoms with Crippen molar-refractivity contribution in [3.63, 3.8) is 0 Å². The highest BCUT2D eigenvalue weighted by atomic mass is 35.5. The molecule has 4 heterocycles. The van der Waals surface area contributed by atoms with E-state index in [-0.39, 0.29) is 12.5 Å². The van der Waals surface area contributed by atoms with Crippen LogP contribution in [-0.4, -0.2) is 39.0 Å². The number of aromatic nitrogens is 3. The molecule has 0 N–H and O–H groups in total. The maximum absolute atomic E-state index is 13.4. The van der Waals surface area contributed by atoms with Crippen LogP contribution < -0.4 is 4.90 Å². The van der Waals surface area contributed by atoms with E-state index >= 15 is 0 Å². The van der Waals surface area contributed by atoms with Crippen LogP contribution in [0, 0.1) is 6.92 Å². The molecule has 44 heavy (non-hydrogen) atoms. The molecule has 1 aliphatic heterocycles. The first-order chi connectivity index (χ1) is 21.0. The molecule has 0 aliphatic carbocycles. The number of aryl methyl sites for hydroxylation is 1. The SMILES string of the molecule is CCOC(=O)C(OC(C)(C)C)c1c(C)cc2nc(-c3ccnc(N4Cc5ccncc5C4=O)c3)sc2c1-c1ccc(Cl)cc1. The van der Waals surface area contributed by atoms with Crippen LogP contribution >= 0.6 is 22.9 Å². The highest BCUT2D eigenvalue weighted by Crippen LogP contribution is 2.45. The number of rotatable bonds is 7. The summed E-state index contributed by atoms with van der Waals surface area (Å²) in [6, 6.07) is 15.1. The van der Waals surface area contributed by atoms with Gasteiger partial charge < -0.3 is 9.47 Å². The largest absolute Gasteiger partial charge is 0.464 e. The number of ether oxygens (including phenoxy) is 2. The molecule has 0 radical (unpaired) electrons. The number of esters is 1. The number of carbonyl (C=O) groups is 2. The standard InChI is InChI=1S/C34H31ClN4O4S/c1-6-42-33(41)29(43-34(3,4)5)27-19(2)15-25-30(28(27)20-7-9-23(35)10-8-20)44-31(38-25)21-12-14-37-26(16-21)39-18-22-11-13-36-17-24(22)32(39)40/h7-17,29H,6,18H2,1-5H3. The Morgan fingerprint density at radius 1 is 1.09 bits per heavy atom. The first kappa shape index (κ1) is 29.9. The van der Waals surface area contributed by atoms with Gasteiger partial charge in [-0.25, -0.2) is 14.8 Å². The molecule has 1 unspecified atom stereocenters. The van der Waals surface area contributed by atoms with Gasteiger partial charge in [0.25, 0.3) is 5.91 Å². The Labute approximate surface area is 264 Å². The second-order valence-corrected chi connectivity index (χ2v) is 13.0. The summed E-state index contributed by atoms with van der Waals surface area (Å²) in [5, 5.41) is 1.36. The third-order valence-electron chi connectivity index (χ3n) is 7.28. The summed E-state index contributed by atoms with van der Waals surface area (Å²) in [7, 11) is 0. The lowest BCUT2D eigenvalue weighted by Gasteiger charge is -2.29. The number of pyridine rings is 2. The van der Waals surface area contributed by atoms with Gasteiger partial charge in [0.2, 0.25) is 0 Å². The summed E-state index contributed by atoms with van der Waals surface area (Å²) in [5.41, 5.74) is 5.80. The Hall–Kier alpha value is -4.18. The van der Waals surface area contributed by atoms with Crippen LogP contribution in [0.3, 0.4) is 0 Å². The van der Waals surface area contributed by atoms with Gasteiger partial charge in [0, 0.05) is 40.3 Å². The number of thiazole rings is 1. The molecule has 0 saturated carbocycles. The van der Waals surface area contributed by atoms with E-state index in [0.29, 0.717) is 22.9 Å². The molecule has 1 atom stereocenters. The van der Waals surface area contributed by atoms with Gasteiger partial charge in [-0.1, -0.05) is 23.7 Å². The predicted molar refractivity (Wildman–Crippen MR) is 173 cm³/mol. The van der Waals surface area contributed by atoms with Crippen molar-refractivity contribution in [3.05, 3.63) is 94.4 Å². The minimum atomic E-state index is -0.958. The zero-order chi connectivity index (χ0) is 31.2. The zero-order valence-electron chi connectivity index (χ0n) is 25.1. The van der Waals surface area contributed by atoms with Gasteiger partial charge >= 0.3 is 5.97 Å². The zero-order valence-corrected chi connectivity index (χ0v) is 26.6. The minimum Gasteiger partial charge on any atom is -0.464 e. The van der Waals surface area contributed by atoms with Gasteiger partial charge in [-0.15, -0.1) is 11.3 Å². The first-order valence-electron chi connectivity index (χ1n) is 14.3. The Balaban J connectivity index is 1.51. The number of carbonyl (C=O) groups excluding carboxylic acids is 2. The first-order valence-corrected chi connectivity index (χ1v) is 15.5. The Kier molecular flexibility index (Phi) is 7.96. The minimum absolute atomic E-state index is 0.129. The normalized spacial score (nSPS) is 13.8. The summed E-state index contributed by atoms with van der Waals surface area (Å²) >= 11 is 7.78. The molecule has 1 aliphatic rings. The van der Waals surface area contributed by atoms with Crippen molar-refractivity contribution in [2.75, 3.05) is 11.5 Å². The lowest BCUT2D eigenvalue weighted by Crippen LogP contribution is -2.29. The van der Waals surface area contributed by atoms with E-state index in [1.54, 1.807) is 30.4 Å². The van der Waals surface area contributed by atoms with E-state index in [9.17, 15) is 9.59 Å². The third kappa shape index (κ3) is 5.70. The molecule has 0 saturated heterocycles. The van der Waals surface area contributed by atoms with E-state index in [2.05, 4.69) is 9.97 Å². The smallest absolute Gasteiger partial charge is 0.339 e. The van der Waals surface area contributed by atoms with E-state index in [1.807, 2.05) is 76.2 Å². The molecular formula is C34H31ClN4O4S. The van der Waals surface area contributed by atoms with E-state index < -0.39 is 17.7 Å². The van der Waals surface area contributed by atoms with Crippen LogP contribution in [-0.2, 0) is 20.8 Å². The van der Waals surface area contributed by atoms with Gasteiger partial charge in [-0.05, 0) is 87.7 Å². The number of hydrogen-bond donors (Lipinski definition) is 0. The van der Waals surface area contributed by atoms with Crippen LogP contribution in [0.4, 0.5) is 5.82 Å². The van der Waals surface area contributed by atoms with Gasteiger partial charge in [-0.3, -0.25) is 14.7 Å². The number of nitrogens with zero attached hydrogens (tertiary/aromatic N) is 4. The fraction of sp³-hybridized carbons (Fsp3) is 0.265. The number of anilines is 1. The maximum atomic E-state index is 13.4. The van der Waals surface area contributed by atoms with Crippen LogP contribution in [0.1, 0.15) is 60.8 Å². The van der Waals surface area contributed by atoms with Crippen LogP contribution in [0.5, 0.6) is 0 Å². The Morgan fingerprint density at radius 2 is 1.86 bits per heavy atom. The fourth-order valence-corrected chi connectivity index (χ4v) is 6.64. The summed E-state index contributed by atoms with van der Waals surface area (Å²) in [6.07, 6.45) is 4.02. The second kappa shape index (κ2) is 11.7. The predicted octanol–water partition coefficient (Wildman–Crippen LogP) is 7.96. The van der Waals surface area contributed by atoms with Gasteiger partial charge in [0.15, 0.2) is 6.10 Å². The van der Waals surface area contributed by atoms with Crippen molar-refractivity contribution < 1.29 is 19.1 Å². The summed E-state index contributed by atoms with van der Waals surface area (Å²) in [4.78, 5) is 41.8. The summed E-state index contributed by atoms with van der Waals surface area (Å²) < 4.78 is 12.8. The number of hydrogen-bond acceptors (Lipinski definition) is 8. The number of benzene rings is 2. The van der Waals surface area contributed by atoms with Crippen molar-refractivity contribution >= 4 is 50.8 Å². The van der Waals surface area contributed by atoms with Crippen molar-refractivity contribution in [2.24, 2.45) is 0 Å². The lowest BCUT2D eigenvalue weighted by molar-refractivity contribution is -0.166. The molecule has 1 amide bonds. The van der Waals surface area contributed by atoms with Gasteiger partial charge in [-0.2, -0.15) is 0 Å². The molecule has 10 heteroatoms. The summed E-state index contributed by atoms with van der Waals surface area (Å²) in [5.74, 6) is -0.0371. The average molecular weight is 627 g/mol. The molecule has 5 aromatic rings. The van der Waals surface area contributed by atoms with Crippen molar-refractivity contribution in [1.82, 2.24) is 15.0 Å². The van der Waals surface area contributed by atoms with Crippen LogP contribution in [0.25, 0.3) is 31.9 Å². The van der Waals surface area contributed by atoms with E-state index in [4.69, 9.17) is 26.1 Å². The molecule has 0 bridgehead atoms. The van der Waals surface area contributed by atoms with E-state index in [0.717, 1.165) is 48.6 Å². The van der Waals surface area contributed by atoms with Crippen LogP contribution in [0.15, 0.2) is 67.1 Å². The quantitative estimate of drug-likeness (QED) is 0.169. The van der Waals surface area contributed by atoms with E-state index in [1.165, 1.54) is 11.3 Å². The second-order valence-electron chi connectivity index (χ2n) is 11.5. The molecule has 0 spiro atoms. The Bertz CT molecular complexity index is 1900. The fourth-order valence-electron chi connectivity index (χ4n) is 5.40. The van der Waals surface area contributed by atoms with Crippen LogP contribution in [0.2, 0.25) is 5.02 Å². The molecule has 6 rings (SSSR count). The number of fused-ring (bicyclic) bond motifs is 2. The van der Waals surface area contributed by atoms with Gasteiger partial charge in [0.1, 0.15) is 10.8 Å². The maximum Gasteiger partial charge on any atom is 0.339 e. The van der Waals surface area contributed by atoms with Gasteiger partial charge in [0.05, 0.1) is 34.5 Å². The van der Waals surface area contributed by atoms with Crippen molar-refractivity contribution in [1.29, 1.82) is 0 Å². The highest BCUT2D eigenvalue weighted by molar-refractivity contribution is 7.22.